The number of cyclic esters (lactones) is 1. The van der Waals surface area contributed by atoms with Crippen molar-refractivity contribution in [2.24, 2.45) is 0 Å². The highest BCUT2D eigenvalue weighted by Crippen LogP contribution is 2.22. The summed E-state index contributed by atoms with van der Waals surface area (Å²) in [7, 11) is 0. The quantitative estimate of drug-likeness (QED) is 0.615. The average Bonchev–Trinajstić information content (AvgIpc) is 2.53. The second-order valence-corrected chi connectivity index (χ2v) is 2.75. The van der Waals surface area contributed by atoms with Crippen LogP contribution in [0.1, 0.15) is 12.0 Å². The largest absolute Gasteiger partial charge is 0.426 e. The van der Waals surface area contributed by atoms with Crippen LogP contribution < -0.4 is 0 Å². The number of ether oxygens (including phenoxy) is 1. The highest BCUT2D eigenvalue weighted by atomic mass is 19.1. The van der Waals surface area contributed by atoms with Crippen LogP contribution >= 0.6 is 0 Å². The molecule has 0 saturated heterocycles. The molecular formula is C10H7FO2. The summed E-state index contributed by atoms with van der Waals surface area (Å²) in [5.41, 5.74) is 0.729. The van der Waals surface area contributed by atoms with Gasteiger partial charge in [0.1, 0.15) is 11.6 Å². The van der Waals surface area contributed by atoms with Gasteiger partial charge in [0.25, 0.3) is 0 Å². The van der Waals surface area contributed by atoms with Crippen LogP contribution in [-0.2, 0) is 9.53 Å². The van der Waals surface area contributed by atoms with E-state index in [2.05, 4.69) is 0 Å². The summed E-state index contributed by atoms with van der Waals surface area (Å²) >= 11 is 0. The second kappa shape index (κ2) is 3.01. The molecule has 0 spiro atoms. The minimum absolute atomic E-state index is 0.265. The molecule has 0 fully saturated rings. The first-order chi connectivity index (χ1) is 6.25. The number of benzene rings is 1. The van der Waals surface area contributed by atoms with Crippen molar-refractivity contribution in [1.82, 2.24) is 0 Å². The van der Waals surface area contributed by atoms with E-state index in [4.69, 9.17) is 4.74 Å². The van der Waals surface area contributed by atoms with E-state index >= 15 is 0 Å². The van der Waals surface area contributed by atoms with Gasteiger partial charge in [0, 0.05) is 5.56 Å². The van der Waals surface area contributed by atoms with E-state index in [1.165, 1.54) is 12.1 Å². The summed E-state index contributed by atoms with van der Waals surface area (Å²) in [6.45, 7) is 0. The summed E-state index contributed by atoms with van der Waals surface area (Å²) in [6, 6.07) is 5.84. The van der Waals surface area contributed by atoms with Crippen LogP contribution in [0.15, 0.2) is 30.3 Å². The molecule has 1 aliphatic heterocycles. The molecule has 0 atom stereocenters. The van der Waals surface area contributed by atoms with E-state index in [1.54, 1.807) is 18.2 Å². The zero-order valence-corrected chi connectivity index (χ0v) is 6.79. The Morgan fingerprint density at radius 2 is 1.92 bits per heavy atom. The van der Waals surface area contributed by atoms with Crippen LogP contribution in [0, 0.1) is 5.82 Å². The van der Waals surface area contributed by atoms with E-state index in [9.17, 15) is 9.18 Å². The minimum Gasteiger partial charge on any atom is -0.426 e. The normalized spacial score (nSPS) is 15.5. The molecule has 1 aromatic carbocycles. The van der Waals surface area contributed by atoms with Crippen molar-refractivity contribution in [3.63, 3.8) is 0 Å². The maximum absolute atomic E-state index is 12.5. The molecule has 1 aromatic rings. The fourth-order valence-corrected chi connectivity index (χ4v) is 1.17. The first-order valence-electron chi connectivity index (χ1n) is 3.92. The standard InChI is InChI=1S/C10H7FO2/c11-8-3-1-7(2-4-8)9-5-6-10(12)13-9/h1-5H,6H2. The van der Waals surface area contributed by atoms with Gasteiger partial charge in [0.15, 0.2) is 0 Å². The third-order valence-corrected chi connectivity index (χ3v) is 1.81. The van der Waals surface area contributed by atoms with Gasteiger partial charge in [0.2, 0.25) is 0 Å². The summed E-state index contributed by atoms with van der Waals surface area (Å²) < 4.78 is 17.4. The van der Waals surface area contributed by atoms with E-state index in [0.717, 1.165) is 5.56 Å². The van der Waals surface area contributed by atoms with Crippen molar-refractivity contribution in [2.75, 3.05) is 0 Å². The lowest BCUT2D eigenvalue weighted by Crippen LogP contribution is -1.93. The topological polar surface area (TPSA) is 26.3 Å². The lowest BCUT2D eigenvalue weighted by atomic mass is 10.2. The third-order valence-electron chi connectivity index (χ3n) is 1.81. The Morgan fingerprint density at radius 1 is 1.23 bits per heavy atom. The molecule has 0 unspecified atom stereocenters. The number of hydrogen-bond acceptors (Lipinski definition) is 2. The Morgan fingerprint density at radius 3 is 2.46 bits per heavy atom. The van der Waals surface area contributed by atoms with Gasteiger partial charge in [0.05, 0.1) is 6.42 Å². The van der Waals surface area contributed by atoms with Crippen LogP contribution in [0.25, 0.3) is 5.76 Å². The van der Waals surface area contributed by atoms with Crippen molar-refractivity contribution in [3.8, 4) is 0 Å². The third kappa shape index (κ3) is 1.59. The maximum atomic E-state index is 12.5. The van der Waals surface area contributed by atoms with Crippen molar-refractivity contribution >= 4 is 11.7 Å². The highest BCUT2D eigenvalue weighted by molar-refractivity contribution is 5.85. The maximum Gasteiger partial charge on any atom is 0.315 e. The van der Waals surface area contributed by atoms with Crippen LogP contribution in [0.2, 0.25) is 0 Å². The van der Waals surface area contributed by atoms with Gasteiger partial charge in [-0.1, -0.05) is 0 Å². The first-order valence-corrected chi connectivity index (χ1v) is 3.92. The van der Waals surface area contributed by atoms with Crippen molar-refractivity contribution < 1.29 is 13.9 Å². The van der Waals surface area contributed by atoms with Gasteiger partial charge in [-0.05, 0) is 30.3 Å². The zero-order valence-electron chi connectivity index (χ0n) is 6.79. The monoisotopic (exact) mass is 178 g/mol. The van der Waals surface area contributed by atoms with Crippen LogP contribution in [-0.4, -0.2) is 5.97 Å². The fourth-order valence-electron chi connectivity index (χ4n) is 1.17. The molecule has 3 heteroatoms. The van der Waals surface area contributed by atoms with E-state index in [-0.39, 0.29) is 11.8 Å². The van der Waals surface area contributed by atoms with Crippen molar-refractivity contribution in [3.05, 3.63) is 41.7 Å². The van der Waals surface area contributed by atoms with Crippen molar-refractivity contribution in [1.29, 1.82) is 0 Å². The Bertz CT molecular complexity index is 365. The molecule has 0 N–H and O–H groups in total. The van der Waals surface area contributed by atoms with E-state index in [1.807, 2.05) is 0 Å². The summed E-state index contributed by atoms with van der Waals surface area (Å²) in [6.07, 6.45) is 1.99. The van der Waals surface area contributed by atoms with Gasteiger partial charge >= 0.3 is 5.97 Å². The number of rotatable bonds is 1. The van der Waals surface area contributed by atoms with Gasteiger partial charge in [-0.2, -0.15) is 0 Å². The summed E-state index contributed by atoms with van der Waals surface area (Å²) in [5, 5.41) is 0. The van der Waals surface area contributed by atoms with Gasteiger partial charge < -0.3 is 4.74 Å². The Kier molecular flexibility index (Phi) is 1.85. The predicted octanol–water partition coefficient (Wildman–Crippen LogP) is 2.11. The zero-order chi connectivity index (χ0) is 9.26. The molecule has 66 valence electrons. The molecule has 2 nitrogen and oxygen atoms in total. The number of carbonyl (C=O) groups is 1. The molecule has 0 radical (unpaired) electrons. The first kappa shape index (κ1) is 7.98. The lowest BCUT2D eigenvalue weighted by Gasteiger charge is -2.00. The molecule has 1 aliphatic rings. The molecule has 13 heavy (non-hydrogen) atoms. The molecule has 0 amide bonds. The SMILES string of the molecule is O=C1CC=C(c2ccc(F)cc2)O1. The number of hydrogen-bond donors (Lipinski definition) is 0. The molecule has 0 aromatic heterocycles. The van der Waals surface area contributed by atoms with Crippen molar-refractivity contribution in [2.45, 2.75) is 6.42 Å². The van der Waals surface area contributed by atoms with Gasteiger partial charge in [-0.3, -0.25) is 4.79 Å². The molecule has 0 aliphatic carbocycles. The smallest absolute Gasteiger partial charge is 0.315 e. The van der Waals surface area contributed by atoms with Crippen LogP contribution in [0.4, 0.5) is 4.39 Å². The molecular weight excluding hydrogens is 171 g/mol. The lowest BCUT2D eigenvalue weighted by molar-refractivity contribution is -0.134. The Balaban J connectivity index is 2.27. The van der Waals surface area contributed by atoms with Crippen LogP contribution in [0.3, 0.4) is 0 Å². The van der Waals surface area contributed by atoms with Gasteiger partial charge in [-0.15, -0.1) is 0 Å². The minimum atomic E-state index is -0.298. The van der Waals surface area contributed by atoms with E-state index in [0.29, 0.717) is 12.2 Å². The molecule has 0 bridgehead atoms. The number of esters is 1. The van der Waals surface area contributed by atoms with Crippen LogP contribution in [0.5, 0.6) is 0 Å². The predicted molar refractivity (Wildman–Crippen MR) is 45.1 cm³/mol. The second-order valence-electron chi connectivity index (χ2n) is 2.75. The van der Waals surface area contributed by atoms with E-state index < -0.39 is 0 Å². The number of halogens is 1. The molecule has 1 heterocycles. The fraction of sp³-hybridized carbons (Fsp3) is 0.100. The Labute approximate surface area is 74.6 Å². The highest BCUT2D eigenvalue weighted by Gasteiger charge is 2.15. The average molecular weight is 178 g/mol. The number of carbonyl (C=O) groups excluding carboxylic acids is 1. The molecule has 0 saturated carbocycles. The Hall–Kier alpha value is -1.64. The summed E-state index contributed by atoms with van der Waals surface area (Å²) in [4.78, 5) is 10.7. The summed E-state index contributed by atoms with van der Waals surface area (Å²) in [5.74, 6) is -0.0435. The van der Waals surface area contributed by atoms with Gasteiger partial charge in [-0.25, -0.2) is 4.39 Å². The molecule has 2 rings (SSSR count).